The Morgan fingerprint density at radius 3 is 2.22 bits per heavy atom. The quantitative estimate of drug-likeness (QED) is 0.812. The van der Waals surface area contributed by atoms with Gasteiger partial charge in [0.05, 0.1) is 9.77 Å². The van der Waals surface area contributed by atoms with Crippen molar-refractivity contribution in [2.24, 2.45) is 0 Å². The van der Waals surface area contributed by atoms with Gasteiger partial charge in [-0.1, -0.05) is 12.1 Å². The Labute approximate surface area is 110 Å². The monoisotopic (exact) mass is 280 g/mol. The molecule has 0 amide bonds. The maximum atomic E-state index is 11.4. The van der Waals surface area contributed by atoms with Crippen molar-refractivity contribution in [1.29, 1.82) is 0 Å². The summed E-state index contributed by atoms with van der Waals surface area (Å²) in [6.45, 7) is 1.53. The highest BCUT2D eigenvalue weighted by Crippen LogP contribution is 2.29. The van der Waals surface area contributed by atoms with Crippen LogP contribution in [-0.2, 0) is 9.84 Å². The van der Waals surface area contributed by atoms with E-state index >= 15 is 0 Å². The van der Waals surface area contributed by atoms with Gasteiger partial charge in [0.15, 0.2) is 15.6 Å². The average molecular weight is 280 g/mol. The first-order chi connectivity index (χ1) is 8.39. The zero-order valence-corrected chi connectivity index (χ0v) is 11.6. The summed E-state index contributed by atoms with van der Waals surface area (Å²) >= 11 is 1.39. The van der Waals surface area contributed by atoms with E-state index in [1.807, 2.05) is 11.4 Å². The molecule has 0 spiro atoms. The van der Waals surface area contributed by atoms with Gasteiger partial charge < -0.3 is 0 Å². The summed E-state index contributed by atoms with van der Waals surface area (Å²) in [5.74, 6) is 0.0205. The van der Waals surface area contributed by atoms with Crippen molar-refractivity contribution >= 4 is 27.0 Å². The molecule has 0 unspecified atom stereocenters. The second-order valence-corrected chi connectivity index (χ2v) is 6.95. The van der Waals surface area contributed by atoms with Crippen LogP contribution in [0.5, 0.6) is 0 Å². The van der Waals surface area contributed by atoms with E-state index in [4.69, 9.17) is 0 Å². The molecule has 0 atom stereocenters. The Bertz CT molecular complexity index is 679. The third-order valence-electron chi connectivity index (χ3n) is 2.58. The molecule has 0 aliphatic carbocycles. The molecule has 2 aromatic rings. The summed E-state index contributed by atoms with van der Waals surface area (Å²) in [6, 6.07) is 8.45. The smallest absolute Gasteiger partial charge is 0.175 e. The number of carbonyl (C=O) groups is 1. The largest absolute Gasteiger partial charge is 0.294 e. The lowest BCUT2D eigenvalue weighted by molar-refractivity contribution is 0.102. The maximum Gasteiger partial charge on any atom is 0.175 e. The van der Waals surface area contributed by atoms with E-state index in [9.17, 15) is 13.2 Å². The second-order valence-electron chi connectivity index (χ2n) is 4.02. The minimum atomic E-state index is -3.18. The summed E-state index contributed by atoms with van der Waals surface area (Å²) < 4.78 is 22.7. The zero-order valence-electron chi connectivity index (χ0n) is 10.0. The lowest BCUT2D eigenvalue weighted by Crippen LogP contribution is -1.96. The standard InChI is InChI=1S/C13H12O3S2/c1-9(14)13-12(7-8-17-13)10-3-5-11(6-4-10)18(2,15)16/h3-8H,1-2H3. The van der Waals surface area contributed by atoms with Gasteiger partial charge in [-0.2, -0.15) is 0 Å². The van der Waals surface area contributed by atoms with Gasteiger partial charge in [0, 0.05) is 11.8 Å². The van der Waals surface area contributed by atoms with E-state index in [-0.39, 0.29) is 10.7 Å². The van der Waals surface area contributed by atoms with E-state index in [2.05, 4.69) is 0 Å². The van der Waals surface area contributed by atoms with Crippen molar-refractivity contribution in [2.75, 3.05) is 6.26 Å². The highest BCUT2D eigenvalue weighted by molar-refractivity contribution is 7.90. The summed E-state index contributed by atoms with van der Waals surface area (Å²) in [5.41, 5.74) is 1.71. The third kappa shape index (κ3) is 2.52. The Morgan fingerprint density at radius 1 is 1.11 bits per heavy atom. The molecular formula is C13H12O3S2. The van der Waals surface area contributed by atoms with Gasteiger partial charge in [-0.05, 0) is 36.1 Å². The average Bonchev–Trinajstić information content (AvgIpc) is 2.77. The number of Topliss-reactive ketones (excluding diaryl/α,β-unsaturated/α-hetero) is 1. The topological polar surface area (TPSA) is 51.2 Å². The van der Waals surface area contributed by atoms with Gasteiger partial charge in [-0.3, -0.25) is 4.79 Å². The van der Waals surface area contributed by atoms with E-state index in [1.165, 1.54) is 24.5 Å². The molecule has 2 rings (SSSR count). The molecule has 0 bridgehead atoms. The van der Waals surface area contributed by atoms with Crippen molar-refractivity contribution < 1.29 is 13.2 Å². The van der Waals surface area contributed by atoms with Gasteiger partial charge in [0.1, 0.15) is 0 Å². The highest BCUT2D eigenvalue weighted by Gasteiger charge is 2.12. The molecule has 0 aliphatic heterocycles. The molecule has 18 heavy (non-hydrogen) atoms. The van der Waals surface area contributed by atoms with Gasteiger partial charge in [-0.25, -0.2) is 8.42 Å². The van der Waals surface area contributed by atoms with Crippen LogP contribution in [0, 0.1) is 0 Å². The van der Waals surface area contributed by atoms with Crippen molar-refractivity contribution in [1.82, 2.24) is 0 Å². The predicted octanol–water partition coefficient (Wildman–Crippen LogP) is 3.02. The molecule has 0 aliphatic rings. The molecule has 5 heteroatoms. The van der Waals surface area contributed by atoms with Gasteiger partial charge in [0.25, 0.3) is 0 Å². The van der Waals surface area contributed by atoms with E-state index < -0.39 is 9.84 Å². The van der Waals surface area contributed by atoms with Crippen molar-refractivity contribution in [3.63, 3.8) is 0 Å². The lowest BCUT2D eigenvalue weighted by atomic mass is 10.1. The van der Waals surface area contributed by atoms with E-state index in [0.717, 1.165) is 11.1 Å². The molecule has 0 saturated heterocycles. The molecule has 3 nitrogen and oxygen atoms in total. The van der Waals surface area contributed by atoms with Crippen LogP contribution in [0.15, 0.2) is 40.6 Å². The zero-order chi connectivity index (χ0) is 13.3. The minimum absolute atomic E-state index is 0.0205. The van der Waals surface area contributed by atoms with Crippen LogP contribution in [0.3, 0.4) is 0 Å². The van der Waals surface area contributed by atoms with Gasteiger partial charge >= 0.3 is 0 Å². The van der Waals surface area contributed by atoms with E-state index in [0.29, 0.717) is 4.88 Å². The number of rotatable bonds is 3. The normalized spacial score (nSPS) is 11.4. The van der Waals surface area contributed by atoms with Gasteiger partial charge in [0.2, 0.25) is 0 Å². The van der Waals surface area contributed by atoms with E-state index in [1.54, 1.807) is 24.3 Å². The fourth-order valence-electron chi connectivity index (χ4n) is 1.69. The van der Waals surface area contributed by atoms with Crippen LogP contribution in [0.1, 0.15) is 16.6 Å². The summed E-state index contributed by atoms with van der Waals surface area (Å²) in [4.78, 5) is 12.4. The molecule has 0 saturated carbocycles. The highest BCUT2D eigenvalue weighted by atomic mass is 32.2. The second kappa shape index (κ2) is 4.66. The summed E-state index contributed by atoms with van der Waals surface area (Å²) in [6.07, 6.45) is 1.17. The molecule has 94 valence electrons. The van der Waals surface area contributed by atoms with Crippen LogP contribution in [-0.4, -0.2) is 20.5 Å². The molecular weight excluding hydrogens is 268 g/mol. The van der Waals surface area contributed by atoms with Crippen molar-refractivity contribution in [3.05, 3.63) is 40.6 Å². The number of carbonyl (C=O) groups excluding carboxylic acids is 1. The third-order valence-corrected chi connectivity index (χ3v) is 4.72. The lowest BCUT2D eigenvalue weighted by Gasteiger charge is -2.03. The predicted molar refractivity (Wildman–Crippen MR) is 72.9 cm³/mol. The fourth-order valence-corrected chi connectivity index (χ4v) is 3.14. The van der Waals surface area contributed by atoms with Crippen LogP contribution in [0.25, 0.3) is 11.1 Å². The number of benzene rings is 1. The SMILES string of the molecule is CC(=O)c1sccc1-c1ccc(S(C)(=O)=O)cc1. The van der Waals surface area contributed by atoms with Crippen LogP contribution < -0.4 is 0 Å². The Balaban J connectivity index is 2.47. The van der Waals surface area contributed by atoms with Crippen molar-refractivity contribution in [3.8, 4) is 11.1 Å². The molecule has 0 fully saturated rings. The van der Waals surface area contributed by atoms with Crippen molar-refractivity contribution in [2.45, 2.75) is 11.8 Å². The Hall–Kier alpha value is -1.46. The molecule has 1 aromatic carbocycles. The van der Waals surface area contributed by atoms with Crippen LogP contribution in [0.4, 0.5) is 0 Å². The molecule has 1 heterocycles. The number of hydrogen-bond acceptors (Lipinski definition) is 4. The number of hydrogen-bond donors (Lipinski definition) is 0. The van der Waals surface area contributed by atoms with Gasteiger partial charge in [-0.15, -0.1) is 11.3 Å². The summed E-state index contributed by atoms with van der Waals surface area (Å²) in [5, 5.41) is 1.86. The first-order valence-corrected chi connectivity index (χ1v) is 8.05. The Kier molecular flexibility index (Phi) is 3.36. The number of ketones is 1. The first kappa shape index (κ1) is 13.0. The molecule has 0 N–H and O–H groups in total. The number of thiophene rings is 1. The molecule has 0 radical (unpaired) electrons. The fraction of sp³-hybridized carbons (Fsp3) is 0.154. The number of sulfone groups is 1. The Morgan fingerprint density at radius 2 is 1.72 bits per heavy atom. The molecule has 1 aromatic heterocycles. The van der Waals surface area contributed by atoms with Crippen LogP contribution in [0.2, 0.25) is 0 Å². The first-order valence-electron chi connectivity index (χ1n) is 5.28. The minimum Gasteiger partial charge on any atom is -0.294 e. The summed E-state index contributed by atoms with van der Waals surface area (Å²) in [7, 11) is -3.18. The maximum absolute atomic E-state index is 11.4. The van der Waals surface area contributed by atoms with Crippen LogP contribution >= 0.6 is 11.3 Å².